The van der Waals surface area contributed by atoms with Crippen molar-refractivity contribution in [3.05, 3.63) is 90.7 Å². The van der Waals surface area contributed by atoms with Gasteiger partial charge in [-0.1, -0.05) is 57.9 Å². The van der Waals surface area contributed by atoms with Crippen LogP contribution in [0.25, 0.3) is 0 Å². The van der Waals surface area contributed by atoms with Crippen LogP contribution in [0.2, 0.25) is 10.0 Å². The number of dihydropyridines is 1. The maximum absolute atomic E-state index is 13.5. The summed E-state index contributed by atoms with van der Waals surface area (Å²) in [6.07, 6.45) is 0. The van der Waals surface area contributed by atoms with Crippen molar-refractivity contribution in [3.63, 3.8) is 0 Å². The number of hydrogen-bond acceptors (Lipinski definition) is 9. The zero-order chi connectivity index (χ0) is 29.8. The van der Waals surface area contributed by atoms with E-state index in [-0.39, 0.29) is 27.5 Å². The summed E-state index contributed by atoms with van der Waals surface area (Å²) in [5.41, 5.74) is 2.52. The first-order valence-electron chi connectivity index (χ1n) is 12.8. The van der Waals surface area contributed by atoms with Gasteiger partial charge in [-0.3, -0.25) is 15.0 Å². The van der Waals surface area contributed by atoms with Crippen LogP contribution in [-0.2, 0) is 19.1 Å². The summed E-state index contributed by atoms with van der Waals surface area (Å²) in [6, 6.07) is 11.3. The quantitative estimate of drug-likeness (QED) is 0.0955. The monoisotopic (exact) mass is 714 g/mol. The predicted molar refractivity (Wildman–Crippen MR) is 165 cm³/mol. The summed E-state index contributed by atoms with van der Waals surface area (Å²) in [5, 5.41) is 15.8. The minimum atomic E-state index is -0.903. The van der Waals surface area contributed by atoms with Crippen molar-refractivity contribution in [2.24, 2.45) is 0 Å². The lowest BCUT2D eigenvalue weighted by Crippen LogP contribution is -2.51. The second-order valence-corrected chi connectivity index (χ2v) is 11.9. The van der Waals surface area contributed by atoms with Crippen molar-refractivity contribution in [1.29, 1.82) is 0 Å². The molecule has 13 heteroatoms. The number of nitrogens with one attached hydrogen (secondary N) is 1. The topological polar surface area (TPSA) is 114 Å². The number of anilines is 1. The number of nitrogens with zero attached hydrogens (tertiary/aromatic N) is 3. The molecule has 0 bridgehead atoms. The molecule has 2 unspecified atom stereocenters. The van der Waals surface area contributed by atoms with E-state index in [0.29, 0.717) is 40.1 Å². The molecule has 2 aliphatic heterocycles. The highest BCUT2D eigenvalue weighted by atomic mass is 127. The van der Waals surface area contributed by atoms with Crippen LogP contribution in [0.5, 0.6) is 0 Å². The molecule has 0 aromatic heterocycles. The van der Waals surface area contributed by atoms with E-state index in [1.54, 1.807) is 32.0 Å². The number of methoxy groups -OCH3 is 1. The van der Waals surface area contributed by atoms with Crippen molar-refractivity contribution in [3.8, 4) is 0 Å². The van der Waals surface area contributed by atoms with Gasteiger partial charge in [0, 0.05) is 54.7 Å². The molecule has 0 spiro atoms. The summed E-state index contributed by atoms with van der Waals surface area (Å²) in [5.74, 6) is -2.16. The zero-order valence-electron chi connectivity index (χ0n) is 22.7. The maximum atomic E-state index is 13.5. The van der Waals surface area contributed by atoms with E-state index in [9.17, 15) is 19.7 Å². The molecular weight excluding hydrogens is 686 g/mol. The van der Waals surface area contributed by atoms with Gasteiger partial charge in [-0.15, -0.1) is 0 Å². The van der Waals surface area contributed by atoms with E-state index in [1.165, 1.54) is 25.3 Å². The number of piperazine rings is 1. The molecule has 0 aliphatic carbocycles. The van der Waals surface area contributed by atoms with Gasteiger partial charge in [0.05, 0.1) is 43.9 Å². The second-order valence-electron chi connectivity index (χ2n) is 9.63. The fourth-order valence-electron chi connectivity index (χ4n) is 5.11. The number of carbonyl (C=O) groups is 2. The lowest BCUT2D eigenvalue weighted by molar-refractivity contribution is -0.384. The first-order chi connectivity index (χ1) is 19.5. The fraction of sp³-hybridized carbons (Fsp3) is 0.357. The highest BCUT2D eigenvalue weighted by molar-refractivity contribution is 14.1. The fourth-order valence-corrected chi connectivity index (χ4v) is 6.54. The Balaban J connectivity index is 1.48. The average Bonchev–Trinajstić information content (AvgIpc) is 2.94. The van der Waals surface area contributed by atoms with Crippen molar-refractivity contribution >= 4 is 69.1 Å². The Morgan fingerprint density at radius 1 is 1.10 bits per heavy atom. The zero-order valence-corrected chi connectivity index (χ0v) is 26.3. The molecule has 41 heavy (non-hydrogen) atoms. The molecule has 218 valence electrons. The number of esters is 2. The summed E-state index contributed by atoms with van der Waals surface area (Å²) in [6.45, 7) is 6.18. The first-order valence-corrected chi connectivity index (χ1v) is 14.8. The number of carbonyl (C=O) groups excluding carboxylic acids is 2. The summed E-state index contributed by atoms with van der Waals surface area (Å²) >= 11 is 14.9. The minimum Gasteiger partial charge on any atom is -0.466 e. The number of ether oxygens (including phenoxy) is 2. The number of rotatable bonds is 8. The summed E-state index contributed by atoms with van der Waals surface area (Å²) in [7, 11) is 1.25. The maximum Gasteiger partial charge on any atom is 0.336 e. The number of alkyl halides is 1. The molecule has 0 saturated carbocycles. The normalized spacial score (nSPS) is 19.6. The van der Waals surface area contributed by atoms with Crippen molar-refractivity contribution in [2.45, 2.75) is 23.8 Å². The Hall–Kier alpha value is -2.87. The third kappa shape index (κ3) is 6.96. The van der Waals surface area contributed by atoms with Crippen molar-refractivity contribution < 1.29 is 24.0 Å². The van der Waals surface area contributed by atoms with Gasteiger partial charge in [0.25, 0.3) is 5.69 Å². The Morgan fingerprint density at radius 3 is 2.46 bits per heavy atom. The van der Waals surface area contributed by atoms with Crippen LogP contribution >= 0.6 is 45.8 Å². The van der Waals surface area contributed by atoms with Crippen LogP contribution in [0.1, 0.15) is 25.3 Å². The molecule has 2 atom stereocenters. The van der Waals surface area contributed by atoms with E-state index in [1.807, 2.05) is 6.07 Å². The van der Waals surface area contributed by atoms with E-state index in [0.717, 1.165) is 18.8 Å². The first kappa shape index (κ1) is 31.1. The molecule has 4 rings (SSSR count). The van der Waals surface area contributed by atoms with Gasteiger partial charge >= 0.3 is 11.9 Å². The second kappa shape index (κ2) is 13.4. The molecule has 2 aromatic rings. The Morgan fingerprint density at radius 2 is 1.80 bits per heavy atom. The van der Waals surface area contributed by atoms with E-state index in [2.05, 4.69) is 37.7 Å². The number of nitro groups is 1. The average molecular weight is 715 g/mol. The van der Waals surface area contributed by atoms with Gasteiger partial charge in [0.15, 0.2) is 0 Å². The van der Waals surface area contributed by atoms with Crippen molar-refractivity contribution in [1.82, 2.24) is 10.2 Å². The molecule has 1 saturated heterocycles. The lowest BCUT2D eigenvalue weighted by atomic mass is 9.80. The van der Waals surface area contributed by atoms with Gasteiger partial charge in [0.2, 0.25) is 0 Å². The number of nitro benzene ring substituents is 1. The Bertz CT molecular complexity index is 1430. The highest BCUT2D eigenvalue weighted by Gasteiger charge is 2.38. The van der Waals surface area contributed by atoms with E-state index in [4.69, 9.17) is 32.7 Å². The summed E-state index contributed by atoms with van der Waals surface area (Å²) in [4.78, 5) is 41.7. The molecule has 2 aliphatic rings. The predicted octanol–water partition coefficient (Wildman–Crippen LogP) is 5.44. The smallest absolute Gasteiger partial charge is 0.336 e. The van der Waals surface area contributed by atoms with Crippen LogP contribution < -0.4 is 10.2 Å². The van der Waals surface area contributed by atoms with Crippen LogP contribution in [0.3, 0.4) is 0 Å². The number of non-ortho nitro benzene ring substituents is 1. The summed E-state index contributed by atoms with van der Waals surface area (Å²) < 4.78 is 10.9. The van der Waals surface area contributed by atoms with Crippen molar-refractivity contribution in [2.75, 3.05) is 44.8 Å². The number of halogens is 3. The number of hydrogen-bond donors (Lipinski definition) is 1. The molecule has 2 heterocycles. The lowest BCUT2D eigenvalue weighted by Gasteiger charge is -2.40. The van der Waals surface area contributed by atoms with Gasteiger partial charge in [0.1, 0.15) is 6.61 Å². The number of allylic oxidation sites excluding steroid dienone is 2. The Labute approximate surface area is 261 Å². The van der Waals surface area contributed by atoms with Crippen LogP contribution in [0.4, 0.5) is 11.4 Å². The molecule has 2 aromatic carbocycles. The Kier molecular flexibility index (Phi) is 10.2. The highest BCUT2D eigenvalue weighted by Crippen LogP contribution is 2.40. The van der Waals surface area contributed by atoms with Gasteiger partial charge in [-0.2, -0.15) is 0 Å². The van der Waals surface area contributed by atoms with Crippen LogP contribution in [-0.4, -0.2) is 65.7 Å². The number of benzene rings is 2. The van der Waals surface area contributed by atoms with E-state index < -0.39 is 22.8 Å². The van der Waals surface area contributed by atoms with Crippen LogP contribution in [0.15, 0.2) is 65.0 Å². The largest absolute Gasteiger partial charge is 0.466 e. The SMILES string of the molecule is COC(=O)C1=C(C)NC(C)=C(C(=O)OCCN2CCN(c3cc(Cl)ccc3Cl)CC2I)C1c1cccc([N+](=O)[O-])c1. The molecule has 1 N–H and O–H groups in total. The minimum absolute atomic E-state index is 0.116. The molecule has 0 amide bonds. The molecule has 10 nitrogen and oxygen atoms in total. The van der Waals surface area contributed by atoms with E-state index >= 15 is 0 Å². The standard InChI is InChI=1S/C28H29Cl2IN4O6/c1-16-24(27(36)40-3)26(18-5-4-6-20(13-18)35(38)39)25(17(2)32-16)28(37)41-12-11-33-9-10-34(15-23(33)31)22-14-19(29)7-8-21(22)30/h4-8,13-14,23,26,32H,9-12,15H2,1-3H3. The van der Waals surface area contributed by atoms with Crippen LogP contribution in [0, 0.1) is 10.1 Å². The van der Waals surface area contributed by atoms with Gasteiger partial charge in [-0.05, 0) is 37.6 Å². The molecular formula is C28H29Cl2IN4O6. The third-order valence-electron chi connectivity index (χ3n) is 7.08. The third-order valence-corrected chi connectivity index (χ3v) is 8.82. The molecule has 1 fully saturated rings. The van der Waals surface area contributed by atoms with Gasteiger partial charge < -0.3 is 19.7 Å². The van der Waals surface area contributed by atoms with Gasteiger partial charge in [-0.25, -0.2) is 9.59 Å². The molecule has 0 radical (unpaired) electrons.